The van der Waals surface area contributed by atoms with Gasteiger partial charge in [0.15, 0.2) is 5.78 Å². The van der Waals surface area contributed by atoms with E-state index < -0.39 is 22.7 Å². The number of ether oxygens (including phenoxy) is 1. The summed E-state index contributed by atoms with van der Waals surface area (Å²) >= 11 is 12.9. The molecular formula is C26H23Cl2N3O4. The molecule has 1 amide bonds. The fraction of sp³-hybridized carbons (Fsp3) is 0.269. The van der Waals surface area contributed by atoms with E-state index in [-0.39, 0.29) is 39.2 Å². The van der Waals surface area contributed by atoms with Crippen LogP contribution in [0.1, 0.15) is 32.3 Å². The molecule has 0 aromatic heterocycles. The number of benzene rings is 2. The number of anilines is 2. The van der Waals surface area contributed by atoms with Crippen LogP contribution in [0.3, 0.4) is 0 Å². The first-order valence-electron chi connectivity index (χ1n) is 11.0. The van der Waals surface area contributed by atoms with Crippen LogP contribution < -0.4 is 16.0 Å². The number of carbonyl (C=O) groups is 3. The molecule has 0 radical (unpaired) electrons. The van der Waals surface area contributed by atoms with E-state index in [9.17, 15) is 14.4 Å². The predicted octanol–water partition coefficient (Wildman–Crippen LogP) is 4.69. The first-order chi connectivity index (χ1) is 16.5. The van der Waals surface area contributed by atoms with Crippen LogP contribution in [0.25, 0.3) is 0 Å². The van der Waals surface area contributed by atoms with Gasteiger partial charge in [-0.3, -0.25) is 14.5 Å². The van der Waals surface area contributed by atoms with Gasteiger partial charge in [0.2, 0.25) is 5.91 Å². The average molecular weight is 512 g/mol. The van der Waals surface area contributed by atoms with E-state index >= 15 is 0 Å². The molecule has 0 saturated carbocycles. The van der Waals surface area contributed by atoms with Gasteiger partial charge in [0.1, 0.15) is 16.8 Å². The highest BCUT2D eigenvalue weighted by atomic mass is 35.5. The van der Waals surface area contributed by atoms with Gasteiger partial charge < -0.3 is 15.8 Å². The minimum absolute atomic E-state index is 0.0443. The second kappa shape index (κ2) is 7.86. The lowest BCUT2D eigenvalue weighted by molar-refractivity contribution is -0.138. The van der Waals surface area contributed by atoms with Gasteiger partial charge in [-0.1, -0.05) is 61.3 Å². The molecule has 2 aromatic rings. The van der Waals surface area contributed by atoms with Crippen LogP contribution >= 0.6 is 23.2 Å². The Bertz CT molecular complexity index is 1390. The number of nitrogens with zero attached hydrogens (tertiary/aromatic N) is 1. The number of nitrogens with two attached hydrogens (primary N) is 1. The van der Waals surface area contributed by atoms with Crippen molar-refractivity contribution in [2.45, 2.75) is 32.1 Å². The number of amides is 1. The fourth-order valence-electron chi connectivity index (χ4n) is 5.53. The fourth-order valence-corrected chi connectivity index (χ4v) is 5.91. The maximum Gasteiger partial charge on any atom is 0.339 e. The lowest BCUT2D eigenvalue weighted by Crippen LogP contribution is -2.54. The third-order valence-electron chi connectivity index (χ3n) is 6.85. The van der Waals surface area contributed by atoms with E-state index in [4.69, 9.17) is 33.7 Å². The predicted molar refractivity (Wildman–Crippen MR) is 134 cm³/mol. The number of ketones is 1. The van der Waals surface area contributed by atoms with Crippen molar-refractivity contribution in [3.8, 4) is 0 Å². The van der Waals surface area contributed by atoms with Crippen molar-refractivity contribution in [2.75, 3.05) is 17.3 Å². The number of carbonyl (C=O) groups excluding carboxylic acids is 3. The van der Waals surface area contributed by atoms with E-state index in [0.717, 1.165) is 0 Å². The second-order valence-corrected chi connectivity index (χ2v) is 10.5. The molecular weight excluding hydrogens is 489 g/mol. The summed E-state index contributed by atoms with van der Waals surface area (Å²) in [5.74, 6) is -1.64. The summed E-state index contributed by atoms with van der Waals surface area (Å²) in [6, 6.07) is 12.0. The minimum atomic E-state index is -1.75. The van der Waals surface area contributed by atoms with Gasteiger partial charge in [-0.15, -0.1) is 0 Å². The monoisotopic (exact) mass is 511 g/mol. The number of Topliss-reactive ketones (excluding diaryl/α,β-unsaturated/α-hetero) is 1. The van der Waals surface area contributed by atoms with Crippen LogP contribution in [0.5, 0.6) is 0 Å². The average Bonchev–Trinajstić information content (AvgIpc) is 3.07. The lowest BCUT2D eigenvalue weighted by atomic mass is 9.60. The molecule has 180 valence electrons. The molecule has 0 saturated heterocycles. The van der Waals surface area contributed by atoms with Gasteiger partial charge in [-0.05, 0) is 30.0 Å². The Morgan fingerprint density at radius 3 is 2.51 bits per heavy atom. The van der Waals surface area contributed by atoms with Gasteiger partial charge in [-0.25, -0.2) is 4.79 Å². The molecule has 1 atom stereocenters. The number of rotatable bonds is 2. The Balaban J connectivity index is 1.95. The van der Waals surface area contributed by atoms with Gasteiger partial charge in [0.25, 0.3) is 0 Å². The largest absolute Gasteiger partial charge is 0.466 e. The zero-order chi connectivity index (χ0) is 25.3. The maximum absolute atomic E-state index is 13.9. The van der Waals surface area contributed by atoms with E-state index in [1.54, 1.807) is 47.4 Å². The highest BCUT2D eigenvalue weighted by molar-refractivity contribution is 6.43. The van der Waals surface area contributed by atoms with E-state index in [2.05, 4.69) is 5.32 Å². The zero-order valence-electron chi connectivity index (χ0n) is 19.4. The standard InChI is InChI=1S/C26H23Cl2N3O4/c1-25(2)11-17-19(18(32)12-25)26(13-7-4-5-9-15(13)30-24(26)34)20(23(33)35-3)22(29)31(17)16-10-6-8-14(27)21(16)28/h4-10H,11-12,29H2,1-3H3,(H,30,34). The van der Waals surface area contributed by atoms with Crippen molar-refractivity contribution in [3.63, 3.8) is 0 Å². The Morgan fingerprint density at radius 1 is 1.09 bits per heavy atom. The summed E-state index contributed by atoms with van der Waals surface area (Å²) < 4.78 is 5.13. The van der Waals surface area contributed by atoms with Crippen LogP contribution in [0, 0.1) is 5.41 Å². The number of hydrogen-bond donors (Lipinski definition) is 2. The van der Waals surface area contributed by atoms with Crippen LogP contribution in [0.2, 0.25) is 10.0 Å². The summed E-state index contributed by atoms with van der Waals surface area (Å²) in [6.45, 7) is 3.94. The highest BCUT2D eigenvalue weighted by Crippen LogP contribution is 2.58. The molecule has 5 rings (SSSR count). The maximum atomic E-state index is 13.9. The Hall–Kier alpha value is -3.29. The van der Waals surface area contributed by atoms with E-state index in [1.807, 2.05) is 13.8 Å². The first-order valence-corrected chi connectivity index (χ1v) is 11.8. The van der Waals surface area contributed by atoms with E-state index in [1.165, 1.54) is 7.11 Å². The van der Waals surface area contributed by atoms with Gasteiger partial charge in [-0.2, -0.15) is 0 Å². The molecule has 7 nitrogen and oxygen atoms in total. The molecule has 1 aliphatic carbocycles. The number of para-hydroxylation sites is 1. The molecule has 2 aromatic carbocycles. The molecule has 3 aliphatic rings. The van der Waals surface area contributed by atoms with Crippen LogP contribution in [-0.2, 0) is 24.5 Å². The molecule has 2 aliphatic heterocycles. The summed E-state index contributed by atoms with van der Waals surface area (Å²) in [6.07, 6.45) is 0.595. The van der Waals surface area contributed by atoms with Gasteiger partial charge >= 0.3 is 5.97 Å². The molecule has 1 unspecified atom stereocenters. The number of allylic oxidation sites excluding steroid dienone is 1. The summed E-state index contributed by atoms with van der Waals surface area (Å²) in [5, 5.41) is 3.34. The number of nitrogens with one attached hydrogen (secondary N) is 1. The minimum Gasteiger partial charge on any atom is -0.466 e. The Morgan fingerprint density at radius 2 is 1.80 bits per heavy atom. The second-order valence-electron chi connectivity index (χ2n) is 9.67. The van der Waals surface area contributed by atoms with Crippen molar-refractivity contribution in [1.82, 2.24) is 0 Å². The molecule has 0 fully saturated rings. The lowest BCUT2D eigenvalue weighted by Gasteiger charge is -2.47. The van der Waals surface area contributed by atoms with Gasteiger partial charge in [0.05, 0.1) is 22.8 Å². The molecule has 2 heterocycles. The molecule has 35 heavy (non-hydrogen) atoms. The molecule has 0 bridgehead atoms. The molecule has 1 spiro atoms. The van der Waals surface area contributed by atoms with Crippen molar-refractivity contribution >= 4 is 52.2 Å². The molecule has 9 heteroatoms. The number of halogens is 2. The number of methoxy groups -OCH3 is 1. The van der Waals surface area contributed by atoms with Crippen molar-refractivity contribution in [2.24, 2.45) is 11.1 Å². The summed E-state index contributed by atoms with van der Waals surface area (Å²) in [4.78, 5) is 42.7. The van der Waals surface area contributed by atoms with Crippen LogP contribution in [-0.4, -0.2) is 24.8 Å². The Kier molecular flexibility index (Phi) is 5.27. The van der Waals surface area contributed by atoms with Crippen LogP contribution in [0.15, 0.2) is 65.1 Å². The van der Waals surface area contributed by atoms with E-state index in [0.29, 0.717) is 29.1 Å². The summed E-state index contributed by atoms with van der Waals surface area (Å²) in [7, 11) is 1.21. The number of esters is 1. The van der Waals surface area contributed by atoms with Crippen molar-refractivity contribution in [1.29, 1.82) is 0 Å². The van der Waals surface area contributed by atoms with Crippen molar-refractivity contribution in [3.05, 3.63) is 80.7 Å². The number of fused-ring (bicyclic) bond motifs is 3. The Labute approximate surface area is 212 Å². The number of hydrogen-bond acceptors (Lipinski definition) is 6. The summed E-state index contributed by atoms with van der Waals surface area (Å²) in [5.41, 5.74) is 6.51. The van der Waals surface area contributed by atoms with Crippen molar-refractivity contribution < 1.29 is 19.1 Å². The van der Waals surface area contributed by atoms with Crippen LogP contribution in [0.4, 0.5) is 11.4 Å². The zero-order valence-corrected chi connectivity index (χ0v) is 20.9. The smallest absolute Gasteiger partial charge is 0.339 e. The third kappa shape index (κ3) is 3.15. The highest BCUT2D eigenvalue weighted by Gasteiger charge is 2.63. The quantitative estimate of drug-likeness (QED) is 0.567. The topological polar surface area (TPSA) is 102 Å². The SMILES string of the molecule is COC(=O)C1=C(N)N(c2cccc(Cl)c2Cl)C2=C(C(=O)CC(C)(C)C2)C12C(=O)Nc1ccccc12. The normalized spacial score (nSPS) is 22.8. The molecule has 3 N–H and O–H groups in total. The first kappa shape index (κ1) is 23.5. The third-order valence-corrected chi connectivity index (χ3v) is 7.66. The van der Waals surface area contributed by atoms with Gasteiger partial charge in [0, 0.05) is 28.9 Å².